The third-order valence-electron chi connectivity index (χ3n) is 2.32. The number of fused-ring (bicyclic) bond motifs is 1. The lowest BCUT2D eigenvalue weighted by Crippen LogP contribution is -2.38. The Morgan fingerprint density at radius 3 is 2.38 bits per heavy atom. The van der Waals surface area contributed by atoms with E-state index in [0.717, 1.165) is 19.0 Å². The van der Waals surface area contributed by atoms with Crippen LogP contribution in [0.15, 0.2) is 4.99 Å². The van der Waals surface area contributed by atoms with Crippen LogP contribution >= 0.6 is 12.4 Å². The van der Waals surface area contributed by atoms with Crippen molar-refractivity contribution in [1.82, 2.24) is 10.2 Å². The van der Waals surface area contributed by atoms with Crippen molar-refractivity contribution in [3.05, 3.63) is 0 Å². The molecule has 2 heterocycles. The van der Waals surface area contributed by atoms with Crippen molar-refractivity contribution in [2.24, 2.45) is 4.99 Å². The molecule has 0 aliphatic carbocycles. The van der Waals surface area contributed by atoms with Gasteiger partial charge >= 0.3 is 0 Å². The van der Waals surface area contributed by atoms with Gasteiger partial charge in [0, 0.05) is 13.1 Å². The molecule has 0 bridgehead atoms. The van der Waals surface area contributed by atoms with Crippen molar-refractivity contribution >= 4 is 18.4 Å². The molecule has 2 aliphatic heterocycles. The predicted molar refractivity (Wildman–Crippen MR) is 57.5 cm³/mol. The predicted octanol–water partition coefficient (Wildman–Crippen LogP) is 1.24. The van der Waals surface area contributed by atoms with Gasteiger partial charge in [-0.2, -0.15) is 0 Å². The molecule has 4 heteroatoms. The Morgan fingerprint density at radius 1 is 1.23 bits per heavy atom. The van der Waals surface area contributed by atoms with Gasteiger partial charge in [0.1, 0.15) is 0 Å². The van der Waals surface area contributed by atoms with Gasteiger partial charge < -0.3 is 10.2 Å². The Labute approximate surface area is 86.0 Å². The fraction of sp³-hybridized carbons (Fsp3) is 0.889. The lowest BCUT2D eigenvalue weighted by molar-refractivity contribution is 0.342. The maximum Gasteiger partial charge on any atom is 0.195 e. The summed E-state index contributed by atoms with van der Waals surface area (Å²) in [5, 5.41) is 3.42. The zero-order valence-corrected chi connectivity index (χ0v) is 9.53. The van der Waals surface area contributed by atoms with E-state index >= 15 is 0 Å². The Kier molecular flexibility index (Phi) is 2.27. The molecule has 76 valence electrons. The highest BCUT2D eigenvalue weighted by molar-refractivity contribution is 5.85. The molecule has 0 radical (unpaired) electrons. The van der Waals surface area contributed by atoms with E-state index in [1.165, 1.54) is 0 Å². The monoisotopic (exact) mass is 203 g/mol. The van der Waals surface area contributed by atoms with Crippen molar-refractivity contribution in [2.45, 2.75) is 38.8 Å². The summed E-state index contributed by atoms with van der Waals surface area (Å²) >= 11 is 0. The summed E-state index contributed by atoms with van der Waals surface area (Å²) in [6.07, 6.45) is 0. The van der Waals surface area contributed by atoms with Crippen molar-refractivity contribution in [3.63, 3.8) is 0 Å². The normalized spacial score (nSPS) is 27.4. The second-order valence-corrected chi connectivity index (χ2v) is 5.11. The summed E-state index contributed by atoms with van der Waals surface area (Å²) in [6.45, 7) is 10.9. The number of rotatable bonds is 0. The molecular weight excluding hydrogens is 186 g/mol. The maximum absolute atomic E-state index is 4.61. The number of aliphatic imine (C=N–C) groups is 1. The zero-order valence-electron chi connectivity index (χ0n) is 8.72. The molecule has 2 rings (SSSR count). The minimum absolute atomic E-state index is 0. The minimum atomic E-state index is 0. The van der Waals surface area contributed by atoms with Gasteiger partial charge in [0.15, 0.2) is 5.96 Å². The van der Waals surface area contributed by atoms with Crippen LogP contribution in [0.1, 0.15) is 27.7 Å². The van der Waals surface area contributed by atoms with E-state index in [0.29, 0.717) is 0 Å². The van der Waals surface area contributed by atoms with Crippen LogP contribution in [0.2, 0.25) is 0 Å². The van der Waals surface area contributed by atoms with Crippen molar-refractivity contribution in [2.75, 3.05) is 13.1 Å². The molecule has 0 spiro atoms. The molecule has 1 fully saturated rings. The van der Waals surface area contributed by atoms with E-state index < -0.39 is 0 Å². The smallest absolute Gasteiger partial charge is 0.195 e. The van der Waals surface area contributed by atoms with Crippen LogP contribution in [0.5, 0.6) is 0 Å². The van der Waals surface area contributed by atoms with E-state index in [1.54, 1.807) is 0 Å². The van der Waals surface area contributed by atoms with E-state index in [4.69, 9.17) is 0 Å². The second kappa shape index (κ2) is 2.77. The highest BCUT2D eigenvalue weighted by Gasteiger charge is 2.40. The van der Waals surface area contributed by atoms with Gasteiger partial charge in [0.25, 0.3) is 0 Å². The van der Waals surface area contributed by atoms with Crippen LogP contribution in [0.4, 0.5) is 0 Å². The van der Waals surface area contributed by atoms with E-state index in [9.17, 15) is 0 Å². The molecule has 1 saturated heterocycles. The van der Waals surface area contributed by atoms with Crippen LogP contribution < -0.4 is 5.32 Å². The average Bonchev–Trinajstić information content (AvgIpc) is 2.12. The summed E-state index contributed by atoms with van der Waals surface area (Å²) < 4.78 is 0. The minimum Gasteiger partial charge on any atom is -0.350 e. The van der Waals surface area contributed by atoms with Crippen molar-refractivity contribution in [3.8, 4) is 0 Å². The number of guanidine groups is 1. The standard InChI is InChI=1S/C9H17N3.ClH/c1-8(2)5-12-6-9(3,4)11-7(12)10-8;/h5-6H2,1-4H3,(H,10,11);1H. The van der Waals surface area contributed by atoms with Gasteiger partial charge in [0.2, 0.25) is 0 Å². The van der Waals surface area contributed by atoms with Crippen LogP contribution in [-0.2, 0) is 0 Å². The summed E-state index contributed by atoms with van der Waals surface area (Å²) in [7, 11) is 0. The van der Waals surface area contributed by atoms with Crippen molar-refractivity contribution < 1.29 is 0 Å². The summed E-state index contributed by atoms with van der Waals surface area (Å²) in [6, 6.07) is 0. The largest absolute Gasteiger partial charge is 0.350 e. The first-order chi connectivity index (χ1) is 5.38. The van der Waals surface area contributed by atoms with E-state index in [-0.39, 0.29) is 23.5 Å². The quantitative estimate of drug-likeness (QED) is 0.642. The first-order valence-corrected chi connectivity index (χ1v) is 4.51. The topological polar surface area (TPSA) is 27.6 Å². The summed E-state index contributed by atoms with van der Waals surface area (Å²) in [5.41, 5.74) is 0.314. The molecule has 0 aromatic rings. The van der Waals surface area contributed by atoms with Gasteiger partial charge in [-0.25, -0.2) is 4.99 Å². The maximum atomic E-state index is 4.61. The third-order valence-corrected chi connectivity index (χ3v) is 2.32. The third kappa shape index (κ3) is 1.90. The Morgan fingerprint density at radius 2 is 1.85 bits per heavy atom. The zero-order chi connectivity index (χ0) is 8.98. The van der Waals surface area contributed by atoms with E-state index in [2.05, 4.69) is 42.9 Å². The number of halogens is 1. The highest BCUT2D eigenvalue weighted by atomic mass is 35.5. The molecule has 13 heavy (non-hydrogen) atoms. The summed E-state index contributed by atoms with van der Waals surface area (Å²) in [4.78, 5) is 6.94. The fourth-order valence-corrected chi connectivity index (χ4v) is 1.99. The molecule has 2 aliphatic rings. The van der Waals surface area contributed by atoms with Gasteiger partial charge in [-0.05, 0) is 27.7 Å². The summed E-state index contributed by atoms with van der Waals surface area (Å²) in [5.74, 6) is 1.09. The van der Waals surface area contributed by atoms with Crippen LogP contribution in [-0.4, -0.2) is 35.0 Å². The first-order valence-electron chi connectivity index (χ1n) is 4.51. The number of hydrogen-bond donors (Lipinski definition) is 1. The molecule has 3 nitrogen and oxygen atoms in total. The number of nitrogens with one attached hydrogen (secondary N) is 1. The van der Waals surface area contributed by atoms with Crippen LogP contribution in [0.25, 0.3) is 0 Å². The molecule has 0 unspecified atom stereocenters. The van der Waals surface area contributed by atoms with Gasteiger partial charge in [-0.3, -0.25) is 0 Å². The molecule has 1 N–H and O–H groups in total. The Balaban J connectivity index is 0.000000845. The molecule has 0 aromatic carbocycles. The lowest BCUT2D eigenvalue weighted by Gasteiger charge is -2.21. The second-order valence-electron chi connectivity index (χ2n) is 5.11. The van der Waals surface area contributed by atoms with Crippen molar-refractivity contribution in [1.29, 1.82) is 0 Å². The first kappa shape index (κ1) is 10.6. The van der Waals surface area contributed by atoms with Gasteiger partial charge in [-0.1, -0.05) is 0 Å². The van der Waals surface area contributed by atoms with E-state index in [1.807, 2.05) is 0 Å². The SMILES string of the molecule is CC1(C)CN2CC(C)(C)NC2=N1.Cl. The molecular formula is C9H18ClN3. The Hall–Kier alpha value is -0.440. The molecule has 0 atom stereocenters. The average molecular weight is 204 g/mol. The fourth-order valence-electron chi connectivity index (χ4n) is 1.99. The number of hydrogen-bond acceptors (Lipinski definition) is 3. The molecule has 0 amide bonds. The van der Waals surface area contributed by atoms with Crippen LogP contribution in [0.3, 0.4) is 0 Å². The van der Waals surface area contributed by atoms with Gasteiger partial charge in [0.05, 0.1) is 11.1 Å². The lowest BCUT2D eigenvalue weighted by atomic mass is 10.1. The molecule has 0 saturated carbocycles. The Bertz CT molecular complexity index is 245. The molecule has 0 aromatic heterocycles. The van der Waals surface area contributed by atoms with Gasteiger partial charge in [-0.15, -0.1) is 12.4 Å². The highest BCUT2D eigenvalue weighted by Crippen LogP contribution is 2.25. The van der Waals surface area contributed by atoms with Crippen LogP contribution in [0, 0.1) is 0 Å². The number of nitrogens with zero attached hydrogens (tertiary/aromatic N) is 2.